The smallest absolute Gasteiger partial charge is 0.213 e. The molecule has 0 aliphatic rings. The van der Waals surface area contributed by atoms with Crippen molar-refractivity contribution < 1.29 is 8.42 Å². The zero-order chi connectivity index (χ0) is 14.2. The molecule has 0 aliphatic heterocycles. The Morgan fingerprint density at radius 2 is 1.85 bits per heavy atom. The third-order valence-electron chi connectivity index (χ3n) is 3.24. The van der Waals surface area contributed by atoms with Crippen molar-refractivity contribution in [1.82, 2.24) is 4.98 Å². The maximum absolute atomic E-state index is 11.3. The zero-order valence-corrected chi connectivity index (χ0v) is 11.5. The minimum absolute atomic E-state index is 0.158. The molecular formula is C15H14N2O2S. The molecule has 5 heteroatoms. The van der Waals surface area contributed by atoms with E-state index in [1.165, 1.54) is 0 Å². The van der Waals surface area contributed by atoms with Crippen molar-refractivity contribution in [3.63, 3.8) is 0 Å². The quantitative estimate of drug-likeness (QED) is 0.776. The van der Waals surface area contributed by atoms with Gasteiger partial charge in [0.1, 0.15) is 0 Å². The van der Waals surface area contributed by atoms with Gasteiger partial charge in [0.15, 0.2) is 0 Å². The predicted molar refractivity (Wildman–Crippen MR) is 80.5 cm³/mol. The number of nitrogens with one attached hydrogen (secondary N) is 1. The summed E-state index contributed by atoms with van der Waals surface area (Å²) in [4.78, 5) is 3.14. The van der Waals surface area contributed by atoms with E-state index in [0.29, 0.717) is 5.56 Å². The number of fused-ring (bicyclic) bond motifs is 1. The summed E-state index contributed by atoms with van der Waals surface area (Å²) in [6.07, 6.45) is 1.88. The van der Waals surface area contributed by atoms with Gasteiger partial charge in [-0.25, -0.2) is 13.6 Å². The third-order valence-corrected chi connectivity index (χ3v) is 3.95. The van der Waals surface area contributed by atoms with E-state index in [4.69, 9.17) is 5.14 Å². The van der Waals surface area contributed by atoms with Crippen LogP contribution < -0.4 is 5.14 Å². The monoisotopic (exact) mass is 286 g/mol. The molecule has 0 amide bonds. The lowest BCUT2D eigenvalue weighted by Gasteiger charge is -2.09. The Morgan fingerprint density at radius 3 is 2.65 bits per heavy atom. The lowest BCUT2D eigenvalue weighted by atomic mass is 9.99. The Bertz CT molecular complexity index is 866. The molecule has 2 aromatic carbocycles. The highest BCUT2D eigenvalue weighted by Gasteiger charge is 2.11. The van der Waals surface area contributed by atoms with Crippen molar-refractivity contribution in [2.75, 3.05) is 0 Å². The zero-order valence-electron chi connectivity index (χ0n) is 10.7. The van der Waals surface area contributed by atoms with Gasteiger partial charge in [0.2, 0.25) is 10.0 Å². The molecule has 0 aliphatic carbocycles. The van der Waals surface area contributed by atoms with Crippen LogP contribution in [0.1, 0.15) is 5.56 Å². The van der Waals surface area contributed by atoms with Crippen molar-refractivity contribution in [2.45, 2.75) is 5.75 Å². The highest BCUT2D eigenvalue weighted by Crippen LogP contribution is 2.27. The van der Waals surface area contributed by atoms with Gasteiger partial charge in [-0.1, -0.05) is 30.3 Å². The van der Waals surface area contributed by atoms with Gasteiger partial charge in [0.25, 0.3) is 0 Å². The molecule has 0 radical (unpaired) electrons. The summed E-state index contributed by atoms with van der Waals surface area (Å²) < 4.78 is 22.7. The van der Waals surface area contributed by atoms with Gasteiger partial charge < -0.3 is 4.98 Å². The van der Waals surface area contributed by atoms with E-state index in [2.05, 4.69) is 4.98 Å². The second-order valence-electron chi connectivity index (χ2n) is 4.74. The van der Waals surface area contributed by atoms with Crippen LogP contribution in [-0.4, -0.2) is 13.4 Å². The first kappa shape index (κ1) is 12.9. The number of primary sulfonamides is 1. The number of hydrogen-bond donors (Lipinski definition) is 2. The Morgan fingerprint density at radius 1 is 1.05 bits per heavy atom. The molecule has 4 nitrogen and oxygen atoms in total. The second-order valence-corrected chi connectivity index (χ2v) is 6.36. The maximum Gasteiger partial charge on any atom is 0.213 e. The lowest BCUT2D eigenvalue weighted by Crippen LogP contribution is -2.15. The van der Waals surface area contributed by atoms with Gasteiger partial charge in [-0.05, 0) is 40.3 Å². The summed E-state index contributed by atoms with van der Waals surface area (Å²) >= 11 is 0. The van der Waals surface area contributed by atoms with Crippen LogP contribution in [0.15, 0.2) is 54.7 Å². The molecule has 0 atom stereocenters. The lowest BCUT2D eigenvalue weighted by molar-refractivity contribution is 0.597. The van der Waals surface area contributed by atoms with Crippen LogP contribution in [0.2, 0.25) is 0 Å². The van der Waals surface area contributed by atoms with Crippen molar-refractivity contribution >= 4 is 20.9 Å². The number of aromatic amines is 1. The number of rotatable bonds is 3. The fourth-order valence-electron chi connectivity index (χ4n) is 2.37. The van der Waals surface area contributed by atoms with Gasteiger partial charge in [-0.3, -0.25) is 0 Å². The second kappa shape index (κ2) is 4.77. The Labute approximate surface area is 117 Å². The largest absolute Gasteiger partial charge is 0.361 e. The SMILES string of the molecule is NS(=O)(=O)Cc1ccccc1-c1ccc2[nH]ccc2c1. The van der Waals surface area contributed by atoms with E-state index < -0.39 is 10.0 Å². The van der Waals surface area contributed by atoms with E-state index in [0.717, 1.165) is 22.0 Å². The van der Waals surface area contributed by atoms with Crippen LogP contribution in [0.5, 0.6) is 0 Å². The van der Waals surface area contributed by atoms with Crippen LogP contribution in [0.3, 0.4) is 0 Å². The van der Waals surface area contributed by atoms with Crippen molar-refractivity contribution in [3.8, 4) is 11.1 Å². The summed E-state index contributed by atoms with van der Waals surface area (Å²) in [6, 6.07) is 15.4. The number of H-pyrrole nitrogens is 1. The number of hydrogen-bond acceptors (Lipinski definition) is 2. The van der Waals surface area contributed by atoms with Gasteiger partial charge in [-0.2, -0.15) is 0 Å². The average Bonchev–Trinajstić information content (AvgIpc) is 2.84. The molecule has 3 rings (SSSR count). The predicted octanol–water partition coefficient (Wildman–Crippen LogP) is 2.62. The number of nitrogens with two attached hydrogens (primary N) is 1. The van der Waals surface area contributed by atoms with Crippen LogP contribution in [0.4, 0.5) is 0 Å². The van der Waals surface area contributed by atoms with Crippen molar-refractivity contribution in [1.29, 1.82) is 0 Å². The molecule has 3 N–H and O–H groups in total. The van der Waals surface area contributed by atoms with E-state index in [9.17, 15) is 8.42 Å². The Hall–Kier alpha value is -2.11. The third kappa shape index (κ3) is 2.59. The molecule has 102 valence electrons. The molecule has 0 spiro atoms. The Balaban J connectivity index is 2.13. The van der Waals surface area contributed by atoms with Gasteiger partial charge >= 0.3 is 0 Å². The summed E-state index contributed by atoms with van der Waals surface area (Å²) in [6.45, 7) is 0. The van der Waals surface area contributed by atoms with Crippen molar-refractivity contribution in [2.24, 2.45) is 5.14 Å². The van der Waals surface area contributed by atoms with E-state index >= 15 is 0 Å². The topological polar surface area (TPSA) is 76.0 Å². The standard InChI is InChI=1S/C15H14N2O2S/c16-20(18,19)10-13-3-1-2-4-14(13)11-5-6-15-12(9-11)7-8-17-15/h1-9,17H,10H2,(H2,16,18,19). The van der Waals surface area contributed by atoms with Crippen LogP contribution in [0.25, 0.3) is 22.0 Å². The van der Waals surface area contributed by atoms with E-state index in [1.807, 2.05) is 48.7 Å². The fraction of sp³-hybridized carbons (Fsp3) is 0.0667. The number of benzene rings is 2. The molecule has 20 heavy (non-hydrogen) atoms. The summed E-state index contributed by atoms with van der Waals surface area (Å²) in [7, 11) is -3.55. The summed E-state index contributed by atoms with van der Waals surface area (Å²) in [5.41, 5.74) is 3.64. The van der Waals surface area contributed by atoms with Crippen molar-refractivity contribution in [3.05, 3.63) is 60.3 Å². The normalized spacial score (nSPS) is 11.8. The van der Waals surface area contributed by atoms with Gasteiger partial charge in [0.05, 0.1) is 5.75 Å². The van der Waals surface area contributed by atoms with Crippen LogP contribution >= 0.6 is 0 Å². The average molecular weight is 286 g/mol. The van der Waals surface area contributed by atoms with Crippen LogP contribution in [0, 0.1) is 0 Å². The molecule has 0 saturated carbocycles. The van der Waals surface area contributed by atoms with Crippen LogP contribution in [-0.2, 0) is 15.8 Å². The first-order valence-corrected chi connectivity index (χ1v) is 7.90. The summed E-state index contributed by atoms with van der Waals surface area (Å²) in [5.74, 6) is -0.158. The van der Waals surface area contributed by atoms with E-state index in [1.54, 1.807) is 6.07 Å². The maximum atomic E-state index is 11.3. The first-order chi connectivity index (χ1) is 9.53. The number of aromatic nitrogens is 1. The first-order valence-electron chi connectivity index (χ1n) is 6.19. The minimum Gasteiger partial charge on any atom is -0.361 e. The molecule has 1 heterocycles. The molecule has 0 saturated heterocycles. The summed E-state index contributed by atoms with van der Waals surface area (Å²) in [5, 5.41) is 6.25. The molecular weight excluding hydrogens is 272 g/mol. The highest BCUT2D eigenvalue weighted by atomic mass is 32.2. The fourth-order valence-corrected chi connectivity index (χ4v) is 3.05. The molecule has 0 bridgehead atoms. The molecule has 3 aromatic rings. The Kier molecular flexibility index (Phi) is 3.08. The van der Waals surface area contributed by atoms with Gasteiger partial charge in [0, 0.05) is 11.7 Å². The minimum atomic E-state index is -3.55. The molecule has 0 fully saturated rings. The van der Waals surface area contributed by atoms with Gasteiger partial charge in [-0.15, -0.1) is 0 Å². The molecule has 0 unspecified atom stereocenters. The number of sulfonamides is 1. The van der Waals surface area contributed by atoms with E-state index in [-0.39, 0.29) is 5.75 Å². The highest BCUT2D eigenvalue weighted by molar-refractivity contribution is 7.88. The molecule has 1 aromatic heterocycles.